The summed E-state index contributed by atoms with van der Waals surface area (Å²) in [6, 6.07) is 16.5. The molecule has 0 aromatic heterocycles. The lowest BCUT2D eigenvalue weighted by molar-refractivity contribution is 0.317. The molecule has 0 radical (unpaired) electrons. The molecule has 2 aliphatic heterocycles. The van der Waals surface area contributed by atoms with Crippen LogP contribution in [-0.2, 0) is 0 Å². The lowest BCUT2D eigenvalue weighted by Crippen LogP contribution is -2.37. The van der Waals surface area contributed by atoms with E-state index >= 15 is 0 Å². The largest absolute Gasteiger partial charge is 0.494 e. The van der Waals surface area contributed by atoms with Gasteiger partial charge >= 0.3 is 0 Å². The average Bonchev–Trinajstić information content (AvgIpc) is 3.05. The highest BCUT2D eigenvalue weighted by molar-refractivity contribution is 5.80. The highest BCUT2D eigenvalue weighted by Gasteiger charge is 2.25. The predicted molar refractivity (Wildman–Crippen MR) is 93.1 cm³/mol. The SMILES string of the molecule is CCCOc1cccc(N2C=C3c4ccccc4C=CN3N2)c1. The van der Waals surface area contributed by atoms with Crippen molar-refractivity contribution in [2.24, 2.45) is 0 Å². The van der Waals surface area contributed by atoms with Gasteiger partial charge in [-0.15, -0.1) is 5.53 Å². The van der Waals surface area contributed by atoms with E-state index in [9.17, 15) is 0 Å². The topological polar surface area (TPSA) is 27.7 Å². The summed E-state index contributed by atoms with van der Waals surface area (Å²) >= 11 is 0. The molecule has 4 rings (SSSR count). The van der Waals surface area contributed by atoms with Crippen molar-refractivity contribution in [1.82, 2.24) is 10.5 Å². The van der Waals surface area contributed by atoms with Crippen molar-refractivity contribution in [2.45, 2.75) is 13.3 Å². The van der Waals surface area contributed by atoms with E-state index < -0.39 is 0 Å². The van der Waals surface area contributed by atoms with Gasteiger partial charge in [0.2, 0.25) is 0 Å². The number of nitrogens with one attached hydrogen (secondary N) is 1. The van der Waals surface area contributed by atoms with Crippen molar-refractivity contribution in [3.63, 3.8) is 0 Å². The number of hydrazine groups is 2. The lowest BCUT2D eigenvalue weighted by Gasteiger charge is -2.24. The van der Waals surface area contributed by atoms with E-state index in [0.717, 1.165) is 30.2 Å². The van der Waals surface area contributed by atoms with Gasteiger partial charge in [-0.1, -0.05) is 37.3 Å². The van der Waals surface area contributed by atoms with Gasteiger partial charge in [-0.2, -0.15) is 0 Å². The second-order valence-corrected chi connectivity index (χ2v) is 5.60. The van der Waals surface area contributed by atoms with Crippen molar-refractivity contribution in [3.05, 3.63) is 72.1 Å². The van der Waals surface area contributed by atoms with Crippen LogP contribution in [0.4, 0.5) is 5.69 Å². The van der Waals surface area contributed by atoms with Crippen LogP contribution in [0.25, 0.3) is 11.8 Å². The fourth-order valence-electron chi connectivity index (χ4n) is 2.80. The normalized spacial score (nSPS) is 15.3. The molecular formula is C19H19N3O. The van der Waals surface area contributed by atoms with Crippen molar-refractivity contribution in [1.29, 1.82) is 0 Å². The van der Waals surface area contributed by atoms with Gasteiger partial charge < -0.3 is 4.74 Å². The molecule has 0 saturated carbocycles. The Bertz CT molecular complexity index is 782. The highest BCUT2D eigenvalue weighted by Crippen LogP contribution is 2.33. The highest BCUT2D eigenvalue weighted by atomic mass is 16.5. The number of benzene rings is 2. The van der Waals surface area contributed by atoms with E-state index in [1.54, 1.807) is 0 Å². The molecule has 23 heavy (non-hydrogen) atoms. The molecule has 2 aliphatic rings. The van der Waals surface area contributed by atoms with Crippen LogP contribution < -0.4 is 15.3 Å². The Morgan fingerprint density at radius 1 is 1.04 bits per heavy atom. The van der Waals surface area contributed by atoms with Crippen molar-refractivity contribution in [2.75, 3.05) is 11.6 Å². The van der Waals surface area contributed by atoms with Gasteiger partial charge in [0.1, 0.15) is 5.75 Å². The van der Waals surface area contributed by atoms with Gasteiger partial charge in [0.05, 0.1) is 18.0 Å². The van der Waals surface area contributed by atoms with E-state index in [0.29, 0.717) is 0 Å². The van der Waals surface area contributed by atoms with Crippen molar-refractivity contribution in [3.8, 4) is 5.75 Å². The zero-order valence-corrected chi connectivity index (χ0v) is 13.1. The van der Waals surface area contributed by atoms with E-state index in [1.807, 2.05) is 34.4 Å². The van der Waals surface area contributed by atoms with Crippen LogP contribution in [0.1, 0.15) is 24.5 Å². The molecular weight excluding hydrogens is 286 g/mol. The van der Waals surface area contributed by atoms with Crippen LogP contribution >= 0.6 is 0 Å². The number of rotatable bonds is 4. The van der Waals surface area contributed by atoms with E-state index in [4.69, 9.17) is 4.74 Å². The van der Waals surface area contributed by atoms with Crippen LogP contribution in [0.15, 0.2) is 60.9 Å². The van der Waals surface area contributed by atoms with E-state index in [1.165, 1.54) is 11.1 Å². The third-order valence-electron chi connectivity index (χ3n) is 3.93. The molecule has 0 spiro atoms. The number of hydrogen-bond acceptors (Lipinski definition) is 4. The first-order valence-electron chi connectivity index (χ1n) is 7.92. The Morgan fingerprint density at radius 2 is 1.96 bits per heavy atom. The molecule has 0 bridgehead atoms. The standard InChI is InChI=1S/C19H19N3O/c1-2-12-23-17-8-5-7-16(13-17)22-14-19-18-9-4-3-6-15(18)10-11-21(19)20-22/h3-11,13-14,20H,2,12H2,1H3. The summed E-state index contributed by atoms with van der Waals surface area (Å²) in [5.41, 5.74) is 8.01. The zero-order valence-electron chi connectivity index (χ0n) is 13.1. The van der Waals surface area contributed by atoms with Gasteiger partial charge in [-0.3, -0.25) is 10.0 Å². The van der Waals surface area contributed by atoms with Crippen LogP contribution in [0.2, 0.25) is 0 Å². The summed E-state index contributed by atoms with van der Waals surface area (Å²) < 4.78 is 5.73. The second-order valence-electron chi connectivity index (χ2n) is 5.60. The van der Waals surface area contributed by atoms with Crippen molar-refractivity contribution >= 4 is 17.5 Å². The minimum Gasteiger partial charge on any atom is -0.494 e. The molecule has 0 atom stereocenters. The number of anilines is 1. The quantitative estimate of drug-likeness (QED) is 0.924. The zero-order chi connectivity index (χ0) is 15.6. The summed E-state index contributed by atoms with van der Waals surface area (Å²) in [5, 5.41) is 4.04. The summed E-state index contributed by atoms with van der Waals surface area (Å²) in [4.78, 5) is 0. The smallest absolute Gasteiger partial charge is 0.121 e. The van der Waals surface area contributed by atoms with Gasteiger partial charge in [-0.25, -0.2) is 0 Å². The number of ether oxygens (including phenoxy) is 1. The number of nitrogens with zero attached hydrogens (tertiary/aromatic N) is 2. The Balaban J connectivity index is 1.64. The van der Waals surface area contributed by atoms with Crippen LogP contribution in [0.3, 0.4) is 0 Å². The first kappa shape index (κ1) is 13.9. The minimum atomic E-state index is 0.736. The molecule has 2 aromatic carbocycles. The van der Waals surface area contributed by atoms with E-state index in [2.05, 4.69) is 55.1 Å². The summed E-state index contributed by atoms with van der Waals surface area (Å²) in [5.74, 6) is 0.894. The monoisotopic (exact) mass is 305 g/mol. The molecule has 0 saturated heterocycles. The number of fused-ring (bicyclic) bond motifs is 3. The predicted octanol–water partition coefficient (Wildman–Crippen LogP) is 4.00. The van der Waals surface area contributed by atoms with Gasteiger partial charge in [0, 0.05) is 24.0 Å². The maximum Gasteiger partial charge on any atom is 0.121 e. The average molecular weight is 305 g/mol. The van der Waals surface area contributed by atoms with Gasteiger partial charge in [0.25, 0.3) is 0 Å². The Kier molecular flexibility index (Phi) is 3.52. The first-order chi connectivity index (χ1) is 11.3. The molecule has 0 aliphatic carbocycles. The molecule has 0 unspecified atom stereocenters. The number of hydrogen-bond donors (Lipinski definition) is 1. The Morgan fingerprint density at radius 3 is 2.87 bits per heavy atom. The molecule has 2 heterocycles. The van der Waals surface area contributed by atoms with E-state index in [-0.39, 0.29) is 0 Å². The fraction of sp³-hybridized carbons (Fsp3) is 0.158. The molecule has 0 fully saturated rings. The lowest BCUT2D eigenvalue weighted by atomic mass is 10.0. The van der Waals surface area contributed by atoms with Crippen LogP contribution in [0, 0.1) is 0 Å². The Labute approximate surface area is 136 Å². The Hall–Kier alpha value is -2.72. The van der Waals surface area contributed by atoms with Crippen LogP contribution in [-0.4, -0.2) is 11.6 Å². The molecule has 0 amide bonds. The first-order valence-corrected chi connectivity index (χ1v) is 7.92. The molecule has 4 nitrogen and oxygen atoms in total. The third kappa shape index (κ3) is 2.58. The fourth-order valence-corrected chi connectivity index (χ4v) is 2.80. The maximum atomic E-state index is 5.73. The third-order valence-corrected chi connectivity index (χ3v) is 3.93. The summed E-state index contributed by atoms with van der Waals surface area (Å²) in [6.07, 6.45) is 7.28. The summed E-state index contributed by atoms with van der Waals surface area (Å²) in [6.45, 7) is 2.85. The second kappa shape index (κ2) is 5.82. The molecule has 2 aromatic rings. The van der Waals surface area contributed by atoms with Gasteiger partial charge in [0.15, 0.2) is 0 Å². The van der Waals surface area contributed by atoms with Crippen molar-refractivity contribution < 1.29 is 4.74 Å². The van der Waals surface area contributed by atoms with Crippen LogP contribution in [0.5, 0.6) is 5.75 Å². The molecule has 116 valence electrons. The maximum absolute atomic E-state index is 5.73. The summed E-state index contributed by atoms with van der Waals surface area (Å²) in [7, 11) is 0. The molecule has 4 heteroatoms. The minimum absolute atomic E-state index is 0.736. The van der Waals surface area contributed by atoms with Gasteiger partial charge in [-0.05, 0) is 30.2 Å². The molecule has 1 N–H and O–H groups in total.